The van der Waals surface area contributed by atoms with Crippen LogP contribution in [0.25, 0.3) is 0 Å². The lowest BCUT2D eigenvalue weighted by atomic mass is 9.94. The van der Waals surface area contributed by atoms with Crippen LogP contribution in [0, 0.1) is 5.92 Å². The molecule has 2 aliphatic heterocycles. The van der Waals surface area contributed by atoms with Crippen LogP contribution in [-0.2, 0) is 4.79 Å². The fraction of sp³-hybridized carbons (Fsp3) is 0.467. The van der Waals surface area contributed by atoms with Crippen LogP contribution in [0.15, 0.2) is 34.3 Å². The van der Waals surface area contributed by atoms with Gasteiger partial charge in [0.15, 0.2) is 0 Å². The molecule has 1 N–H and O–H groups in total. The summed E-state index contributed by atoms with van der Waals surface area (Å²) >= 11 is 1.76. The summed E-state index contributed by atoms with van der Waals surface area (Å²) in [5, 5.41) is 12.2. The predicted molar refractivity (Wildman–Crippen MR) is 79.5 cm³/mol. The molecule has 4 nitrogen and oxygen atoms in total. The van der Waals surface area contributed by atoms with Gasteiger partial charge >= 0.3 is 0 Å². The molecule has 2 atom stereocenters. The monoisotopic (exact) mass is 290 g/mol. The molecule has 1 saturated heterocycles. The lowest BCUT2D eigenvalue weighted by molar-refractivity contribution is -0.132. The Labute approximate surface area is 122 Å². The number of hydrogen-bond donors (Lipinski definition) is 1. The highest BCUT2D eigenvalue weighted by Gasteiger charge is 2.34. The molecule has 2 aliphatic rings. The van der Waals surface area contributed by atoms with Crippen molar-refractivity contribution in [3.05, 3.63) is 29.8 Å². The van der Waals surface area contributed by atoms with Crippen molar-refractivity contribution < 1.29 is 10.0 Å². The molecule has 0 saturated carbocycles. The van der Waals surface area contributed by atoms with Gasteiger partial charge < -0.3 is 10.1 Å². The highest BCUT2D eigenvalue weighted by atomic mass is 32.2. The molecule has 3 rings (SSSR count). The van der Waals surface area contributed by atoms with Gasteiger partial charge in [-0.15, -0.1) is 11.8 Å². The second-order valence-corrected chi connectivity index (χ2v) is 6.49. The number of benzene rings is 1. The van der Waals surface area contributed by atoms with Crippen molar-refractivity contribution in [2.75, 3.05) is 18.8 Å². The first kappa shape index (κ1) is 13.5. The first-order chi connectivity index (χ1) is 9.70. The number of rotatable bonds is 1. The maximum atomic E-state index is 12.7. The molecular weight excluding hydrogens is 272 g/mol. The van der Waals surface area contributed by atoms with Crippen LogP contribution in [-0.4, -0.2) is 40.6 Å². The molecule has 0 aliphatic carbocycles. The third kappa shape index (κ3) is 2.30. The lowest BCUT2D eigenvalue weighted by Gasteiger charge is -2.33. The van der Waals surface area contributed by atoms with E-state index in [2.05, 4.69) is 17.3 Å². The second kappa shape index (κ2) is 5.48. The van der Waals surface area contributed by atoms with Crippen LogP contribution >= 0.6 is 11.8 Å². The maximum absolute atomic E-state index is 12.7. The molecule has 1 fully saturated rings. The molecule has 0 radical (unpaired) electrons. The summed E-state index contributed by atoms with van der Waals surface area (Å²) in [7, 11) is 0. The molecule has 1 aromatic rings. The van der Waals surface area contributed by atoms with Crippen molar-refractivity contribution in [2.45, 2.75) is 24.2 Å². The third-order valence-electron chi connectivity index (χ3n) is 4.14. The van der Waals surface area contributed by atoms with Crippen LogP contribution in [0.3, 0.4) is 0 Å². The number of carbonyl (C=O) groups excluding carboxylic acids is 1. The van der Waals surface area contributed by atoms with E-state index in [9.17, 15) is 4.79 Å². The van der Waals surface area contributed by atoms with E-state index < -0.39 is 0 Å². The molecule has 106 valence electrons. The van der Waals surface area contributed by atoms with Crippen LogP contribution < -0.4 is 0 Å². The minimum absolute atomic E-state index is 0.0176. The van der Waals surface area contributed by atoms with Crippen LogP contribution in [0.4, 0.5) is 0 Å². The van der Waals surface area contributed by atoms with E-state index in [1.165, 1.54) is 4.90 Å². The zero-order valence-electron chi connectivity index (χ0n) is 11.5. The first-order valence-electron chi connectivity index (χ1n) is 6.92. The minimum Gasteiger partial charge on any atom is -0.411 e. The van der Waals surface area contributed by atoms with Gasteiger partial charge in [-0.25, -0.2) is 0 Å². The number of piperidine rings is 1. The fourth-order valence-corrected chi connectivity index (χ4v) is 4.18. The minimum atomic E-state index is -0.0176. The van der Waals surface area contributed by atoms with E-state index in [1.807, 2.05) is 24.0 Å². The Kier molecular flexibility index (Phi) is 3.70. The van der Waals surface area contributed by atoms with E-state index in [1.54, 1.807) is 11.8 Å². The molecular formula is C15H18N2O2S. The Hall–Kier alpha value is -1.49. The predicted octanol–water partition coefficient (Wildman–Crippen LogP) is 2.57. The summed E-state index contributed by atoms with van der Waals surface area (Å²) in [4.78, 5) is 15.9. The average Bonchev–Trinajstić information content (AvgIpc) is 2.90. The quantitative estimate of drug-likeness (QED) is 0.639. The molecule has 1 aromatic carbocycles. The van der Waals surface area contributed by atoms with Gasteiger partial charge in [0.25, 0.3) is 0 Å². The second-order valence-electron chi connectivity index (χ2n) is 5.43. The summed E-state index contributed by atoms with van der Waals surface area (Å²) in [6.45, 7) is 3.32. The number of hydrogen-bond acceptors (Lipinski definition) is 4. The molecule has 0 bridgehead atoms. The van der Waals surface area contributed by atoms with Crippen molar-refractivity contribution in [2.24, 2.45) is 11.1 Å². The number of amides is 1. The molecule has 0 aromatic heterocycles. The van der Waals surface area contributed by atoms with E-state index in [0.717, 1.165) is 17.0 Å². The van der Waals surface area contributed by atoms with Gasteiger partial charge in [0.05, 0.1) is 11.6 Å². The normalized spacial score (nSPS) is 27.6. The van der Waals surface area contributed by atoms with Crippen molar-refractivity contribution in [1.82, 2.24) is 4.90 Å². The average molecular weight is 290 g/mol. The van der Waals surface area contributed by atoms with Crippen molar-refractivity contribution in [3.63, 3.8) is 0 Å². The fourth-order valence-electron chi connectivity index (χ4n) is 2.96. The third-order valence-corrected chi connectivity index (χ3v) is 5.32. The summed E-state index contributed by atoms with van der Waals surface area (Å²) in [5.41, 5.74) is 1.96. The summed E-state index contributed by atoms with van der Waals surface area (Å²) in [6.07, 6.45) is 0.672. The zero-order chi connectivity index (χ0) is 14.1. The maximum Gasteiger partial charge on any atom is 0.231 e. The Morgan fingerprint density at radius 1 is 1.45 bits per heavy atom. The standard InChI is InChI=1S/C15H18N2O2S/c1-10-8-17(7-6-13(10)16-19)15(18)12-9-20-14-5-3-2-4-11(12)14/h2-5,10,12,19H,6-9H2,1H3/b16-13+. The van der Waals surface area contributed by atoms with Gasteiger partial charge in [0.2, 0.25) is 5.91 Å². The molecule has 20 heavy (non-hydrogen) atoms. The summed E-state index contributed by atoms with van der Waals surface area (Å²) < 4.78 is 0. The molecule has 1 amide bonds. The Morgan fingerprint density at radius 3 is 3.00 bits per heavy atom. The number of oxime groups is 1. The van der Waals surface area contributed by atoms with Crippen LogP contribution in [0.1, 0.15) is 24.8 Å². The highest BCUT2D eigenvalue weighted by Crippen LogP contribution is 2.40. The number of thioether (sulfide) groups is 1. The van der Waals surface area contributed by atoms with E-state index in [4.69, 9.17) is 5.21 Å². The van der Waals surface area contributed by atoms with Crippen molar-refractivity contribution in [1.29, 1.82) is 0 Å². The summed E-state index contributed by atoms with van der Waals surface area (Å²) in [5.74, 6) is 1.17. The largest absolute Gasteiger partial charge is 0.411 e. The van der Waals surface area contributed by atoms with E-state index in [0.29, 0.717) is 19.5 Å². The molecule has 0 spiro atoms. The number of likely N-dealkylation sites (tertiary alicyclic amines) is 1. The van der Waals surface area contributed by atoms with Gasteiger partial charge in [-0.1, -0.05) is 30.3 Å². The van der Waals surface area contributed by atoms with Crippen molar-refractivity contribution in [3.8, 4) is 0 Å². The Balaban J connectivity index is 1.75. The van der Waals surface area contributed by atoms with Gasteiger partial charge in [0, 0.05) is 36.1 Å². The number of fused-ring (bicyclic) bond motifs is 1. The van der Waals surface area contributed by atoms with Crippen molar-refractivity contribution >= 4 is 23.4 Å². The number of nitrogens with zero attached hydrogens (tertiary/aromatic N) is 2. The highest BCUT2D eigenvalue weighted by molar-refractivity contribution is 7.99. The van der Waals surface area contributed by atoms with E-state index in [-0.39, 0.29) is 17.7 Å². The first-order valence-corrected chi connectivity index (χ1v) is 7.90. The SMILES string of the molecule is CC1CN(C(=O)C2CSc3ccccc32)CC/C1=N\O. The topological polar surface area (TPSA) is 52.9 Å². The molecule has 2 unspecified atom stereocenters. The summed E-state index contributed by atoms with van der Waals surface area (Å²) in [6, 6.07) is 8.17. The lowest BCUT2D eigenvalue weighted by Crippen LogP contribution is -2.45. The van der Waals surface area contributed by atoms with Crippen LogP contribution in [0.5, 0.6) is 0 Å². The number of carbonyl (C=O) groups is 1. The van der Waals surface area contributed by atoms with Gasteiger partial charge in [-0.3, -0.25) is 4.79 Å². The van der Waals surface area contributed by atoms with Gasteiger partial charge in [-0.05, 0) is 11.6 Å². The zero-order valence-corrected chi connectivity index (χ0v) is 12.3. The smallest absolute Gasteiger partial charge is 0.231 e. The van der Waals surface area contributed by atoms with Crippen LogP contribution in [0.2, 0.25) is 0 Å². The van der Waals surface area contributed by atoms with Gasteiger partial charge in [0.1, 0.15) is 0 Å². The molecule has 2 heterocycles. The Bertz CT molecular complexity index is 559. The van der Waals surface area contributed by atoms with E-state index >= 15 is 0 Å². The van der Waals surface area contributed by atoms with Gasteiger partial charge in [-0.2, -0.15) is 0 Å². The Morgan fingerprint density at radius 2 is 2.25 bits per heavy atom. The molecule has 5 heteroatoms.